The number of fused-ring (bicyclic) bond motifs is 2. The number of hydrogen-bond donors (Lipinski definition) is 2. The average molecular weight is 537 g/mol. The van der Waals surface area contributed by atoms with E-state index in [1.807, 2.05) is 7.05 Å². The van der Waals surface area contributed by atoms with E-state index in [4.69, 9.17) is 0 Å². The summed E-state index contributed by atoms with van der Waals surface area (Å²) >= 11 is 0. The lowest BCUT2D eigenvalue weighted by molar-refractivity contribution is 0.0908. The van der Waals surface area contributed by atoms with Gasteiger partial charge in [-0.2, -0.15) is 4.31 Å². The Kier molecular flexibility index (Phi) is 6.58. The molecule has 1 amide bonds. The second-order valence-electron chi connectivity index (χ2n) is 10.2. The topological polar surface area (TPSA) is 103 Å². The molecule has 1 aromatic heterocycles. The van der Waals surface area contributed by atoms with Crippen molar-refractivity contribution in [1.82, 2.24) is 19.5 Å². The van der Waals surface area contributed by atoms with Crippen LogP contribution in [0.5, 0.6) is 0 Å². The maximum atomic E-state index is 15.1. The molecule has 5 rings (SSSR count). The molecule has 1 aliphatic heterocycles. The van der Waals surface area contributed by atoms with Gasteiger partial charge in [-0.15, -0.1) is 0 Å². The minimum absolute atomic E-state index is 0.142. The fourth-order valence-corrected chi connectivity index (χ4v) is 6.23. The normalized spacial score (nSPS) is 15.7. The number of halogens is 1. The molecule has 3 aromatic carbocycles. The summed E-state index contributed by atoms with van der Waals surface area (Å²) in [6.07, 6.45) is 0. The van der Waals surface area contributed by atoms with Crippen LogP contribution in [0.15, 0.2) is 70.4 Å². The number of benzene rings is 3. The molecule has 1 aliphatic rings. The number of para-hydroxylation sites is 1. The molecule has 0 aliphatic carbocycles. The molecular weight excluding hydrogens is 507 g/mol. The molecule has 1 saturated heterocycles. The quantitative estimate of drug-likeness (QED) is 0.381. The number of sulfonamides is 1. The fraction of sp³-hybridized carbons (Fsp3) is 0.286. The molecule has 0 radical (unpaired) electrons. The highest BCUT2D eigenvalue weighted by Crippen LogP contribution is 2.27. The van der Waals surface area contributed by atoms with Crippen LogP contribution in [0.3, 0.4) is 0 Å². The zero-order valence-electron chi connectivity index (χ0n) is 21.4. The number of H-pyrrole nitrogens is 1. The van der Waals surface area contributed by atoms with Crippen molar-refractivity contribution in [1.29, 1.82) is 0 Å². The third-order valence-electron chi connectivity index (χ3n) is 7.12. The SMILES string of the molecule is CN1CCN(S(=O)(=O)c2cccc(C(C)(C)NC(=O)c3cc4[nH]c5ccccc5c(=O)c4cc3F)c2)CC1. The molecular formula is C28H29FN4O4S. The van der Waals surface area contributed by atoms with Gasteiger partial charge in [-0.3, -0.25) is 9.59 Å². The van der Waals surface area contributed by atoms with Crippen LogP contribution in [0.4, 0.5) is 4.39 Å². The van der Waals surface area contributed by atoms with E-state index in [0.29, 0.717) is 48.2 Å². The van der Waals surface area contributed by atoms with Crippen molar-refractivity contribution in [3.8, 4) is 0 Å². The lowest BCUT2D eigenvalue weighted by Crippen LogP contribution is -2.47. The molecule has 0 bridgehead atoms. The summed E-state index contributed by atoms with van der Waals surface area (Å²) in [6.45, 7) is 5.56. The van der Waals surface area contributed by atoms with E-state index in [2.05, 4.69) is 15.2 Å². The summed E-state index contributed by atoms with van der Waals surface area (Å²) in [5.74, 6) is -1.51. The molecule has 10 heteroatoms. The Morgan fingerprint density at radius 3 is 2.39 bits per heavy atom. The van der Waals surface area contributed by atoms with Gasteiger partial charge in [0, 0.05) is 42.5 Å². The summed E-state index contributed by atoms with van der Waals surface area (Å²) in [7, 11) is -1.75. The number of nitrogens with one attached hydrogen (secondary N) is 2. The van der Waals surface area contributed by atoms with Gasteiger partial charge >= 0.3 is 0 Å². The number of hydrogen-bond acceptors (Lipinski definition) is 5. The summed E-state index contributed by atoms with van der Waals surface area (Å²) in [6, 6.07) is 15.8. The number of aromatic nitrogens is 1. The van der Waals surface area contributed by atoms with Gasteiger partial charge in [0.05, 0.1) is 21.5 Å². The van der Waals surface area contributed by atoms with Crippen molar-refractivity contribution >= 4 is 37.7 Å². The van der Waals surface area contributed by atoms with E-state index in [9.17, 15) is 18.0 Å². The molecule has 0 saturated carbocycles. The molecule has 8 nitrogen and oxygen atoms in total. The average Bonchev–Trinajstić information content (AvgIpc) is 2.89. The van der Waals surface area contributed by atoms with Crippen molar-refractivity contribution in [2.75, 3.05) is 33.2 Å². The highest BCUT2D eigenvalue weighted by atomic mass is 32.2. The first-order chi connectivity index (χ1) is 18.0. The molecule has 2 heterocycles. The van der Waals surface area contributed by atoms with E-state index < -0.39 is 27.3 Å². The van der Waals surface area contributed by atoms with Gasteiger partial charge in [0.1, 0.15) is 5.82 Å². The molecule has 0 unspecified atom stereocenters. The maximum Gasteiger partial charge on any atom is 0.255 e. The molecule has 4 aromatic rings. The summed E-state index contributed by atoms with van der Waals surface area (Å²) in [5.41, 5.74) is -0.0820. The number of carbonyl (C=O) groups excluding carboxylic acids is 1. The second kappa shape index (κ2) is 9.61. The molecule has 0 atom stereocenters. The van der Waals surface area contributed by atoms with Gasteiger partial charge in [-0.05, 0) is 62.9 Å². The zero-order valence-corrected chi connectivity index (χ0v) is 22.2. The van der Waals surface area contributed by atoms with Crippen LogP contribution < -0.4 is 10.7 Å². The van der Waals surface area contributed by atoms with Gasteiger partial charge in [0.25, 0.3) is 5.91 Å². The van der Waals surface area contributed by atoms with Gasteiger partial charge < -0.3 is 15.2 Å². The van der Waals surface area contributed by atoms with E-state index >= 15 is 4.39 Å². The Hall–Kier alpha value is -3.60. The Bertz CT molecular complexity index is 1720. The van der Waals surface area contributed by atoms with E-state index in [1.165, 1.54) is 10.4 Å². The molecule has 38 heavy (non-hydrogen) atoms. The van der Waals surface area contributed by atoms with Crippen LogP contribution in [-0.4, -0.2) is 61.7 Å². The third kappa shape index (κ3) is 4.70. The number of nitrogens with zero attached hydrogens (tertiary/aromatic N) is 2. The van der Waals surface area contributed by atoms with Crippen molar-refractivity contribution < 1.29 is 17.6 Å². The Morgan fingerprint density at radius 2 is 1.66 bits per heavy atom. The minimum Gasteiger partial charge on any atom is -0.354 e. The summed E-state index contributed by atoms with van der Waals surface area (Å²) in [5, 5.41) is 3.41. The first-order valence-corrected chi connectivity index (χ1v) is 13.8. The summed E-state index contributed by atoms with van der Waals surface area (Å²) < 4.78 is 43.0. The Labute approximate surface area is 220 Å². The molecule has 198 valence electrons. The van der Waals surface area contributed by atoms with Crippen LogP contribution in [0, 0.1) is 5.82 Å². The van der Waals surface area contributed by atoms with Crippen LogP contribution >= 0.6 is 0 Å². The van der Waals surface area contributed by atoms with E-state index in [1.54, 1.807) is 62.4 Å². The number of pyridine rings is 1. The molecule has 2 N–H and O–H groups in total. The van der Waals surface area contributed by atoms with Crippen molar-refractivity contribution in [3.63, 3.8) is 0 Å². The first-order valence-electron chi connectivity index (χ1n) is 12.3. The first kappa shape index (κ1) is 26.0. The van der Waals surface area contributed by atoms with Gasteiger partial charge in [0.2, 0.25) is 10.0 Å². The van der Waals surface area contributed by atoms with Gasteiger partial charge in [-0.1, -0.05) is 24.3 Å². The predicted octanol–water partition coefficient (Wildman–Crippen LogP) is 3.42. The smallest absolute Gasteiger partial charge is 0.255 e. The third-order valence-corrected chi connectivity index (χ3v) is 9.01. The number of rotatable bonds is 5. The van der Waals surface area contributed by atoms with Crippen LogP contribution in [0.1, 0.15) is 29.8 Å². The molecule has 1 fully saturated rings. The standard InChI is InChI=1S/C28H29FN4O4S/c1-28(2,18-7-6-8-19(15-18)38(36,37)33-13-11-32(3)12-14-33)31-27(35)21-17-25-22(16-23(21)29)26(34)20-9-4-5-10-24(20)30-25/h4-10,15-17H,11-14H2,1-3H3,(H,30,34)(H,31,35). The second-order valence-corrected chi connectivity index (χ2v) is 12.1. The largest absolute Gasteiger partial charge is 0.354 e. The van der Waals surface area contributed by atoms with E-state index in [-0.39, 0.29) is 21.3 Å². The van der Waals surface area contributed by atoms with Gasteiger partial charge in [0.15, 0.2) is 5.43 Å². The minimum atomic E-state index is -3.70. The number of carbonyl (C=O) groups is 1. The molecule has 0 spiro atoms. The van der Waals surface area contributed by atoms with Crippen molar-refractivity contribution in [3.05, 3.63) is 87.8 Å². The lowest BCUT2D eigenvalue weighted by atomic mass is 9.93. The summed E-state index contributed by atoms with van der Waals surface area (Å²) in [4.78, 5) is 31.4. The van der Waals surface area contributed by atoms with Crippen LogP contribution in [0.2, 0.25) is 0 Å². The number of likely N-dealkylation sites (N-methyl/N-ethyl adjacent to an activating group) is 1. The van der Waals surface area contributed by atoms with Crippen LogP contribution in [0.25, 0.3) is 21.8 Å². The van der Waals surface area contributed by atoms with Crippen LogP contribution in [-0.2, 0) is 15.6 Å². The Morgan fingerprint density at radius 1 is 0.947 bits per heavy atom. The lowest BCUT2D eigenvalue weighted by Gasteiger charge is -2.32. The number of amides is 1. The highest BCUT2D eigenvalue weighted by molar-refractivity contribution is 7.89. The van der Waals surface area contributed by atoms with E-state index in [0.717, 1.165) is 6.07 Å². The predicted molar refractivity (Wildman–Crippen MR) is 145 cm³/mol. The number of piperazine rings is 1. The highest BCUT2D eigenvalue weighted by Gasteiger charge is 2.30. The Balaban J connectivity index is 1.44. The van der Waals surface area contributed by atoms with Gasteiger partial charge in [-0.25, -0.2) is 12.8 Å². The number of aromatic amines is 1. The fourth-order valence-electron chi connectivity index (χ4n) is 4.77. The van der Waals surface area contributed by atoms with Crippen molar-refractivity contribution in [2.45, 2.75) is 24.3 Å². The zero-order chi connectivity index (χ0) is 27.2. The van der Waals surface area contributed by atoms with Crippen molar-refractivity contribution in [2.24, 2.45) is 0 Å². The maximum absolute atomic E-state index is 15.1. The monoisotopic (exact) mass is 536 g/mol.